The Hall–Kier alpha value is -0.690. The molecular weight excluding hydrogens is 244 g/mol. The average molecular weight is 269 g/mol. The van der Waals surface area contributed by atoms with Gasteiger partial charge in [0.05, 0.1) is 6.61 Å². The summed E-state index contributed by atoms with van der Waals surface area (Å²) in [5.74, 6) is 2.40. The number of unbranched alkanes of at least 4 members (excludes halogenated alkanes) is 3. The highest BCUT2D eigenvalue weighted by Gasteiger charge is 2.02. The molecule has 0 bridgehead atoms. The van der Waals surface area contributed by atoms with E-state index >= 15 is 0 Å². The van der Waals surface area contributed by atoms with Crippen LogP contribution >= 0.6 is 11.6 Å². The number of benzene rings is 1. The Kier molecular flexibility index (Phi) is 7.91. The summed E-state index contributed by atoms with van der Waals surface area (Å²) in [7, 11) is 0. The van der Waals surface area contributed by atoms with Crippen LogP contribution in [-0.2, 0) is 0 Å². The van der Waals surface area contributed by atoms with Gasteiger partial charge in [0.2, 0.25) is 0 Å². The molecule has 0 spiro atoms. The van der Waals surface area contributed by atoms with Gasteiger partial charge in [0, 0.05) is 5.88 Å². The minimum atomic E-state index is 0.634. The van der Waals surface area contributed by atoms with Crippen LogP contribution in [0.2, 0.25) is 0 Å². The van der Waals surface area contributed by atoms with E-state index in [1.165, 1.54) is 24.8 Å². The highest BCUT2D eigenvalue weighted by molar-refractivity contribution is 6.17. The van der Waals surface area contributed by atoms with E-state index in [0.717, 1.165) is 31.1 Å². The lowest BCUT2D eigenvalue weighted by Crippen LogP contribution is -1.98. The molecule has 1 rings (SSSR count). The third-order valence-electron chi connectivity index (χ3n) is 3.36. The fraction of sp³-hybridized carbons (Fsp3) is 0.625. The summed E-state index contributed by atoms with van der Waals surface area (Å²) in [4.78, 5) is 0. The van der Waals surface area contributed by atoms with Crippen molar-refractivity contribution in [1.29, 1.82) is 0 Å². The van der Waals surface area contributed by atoms with Crippen molar-refractivity contribution in [3.63, 3.8) is 0 Å². The monoisotopic (exact) mass is 268 g/mol. The van der Waals surface area contributed by atoms with Crippen LogP contribution in [0.25, 0.3) is 0 Å². The van der Waals surface area contributed by atoms with Gasteiger partial charge in [0.1, 0.15) is 5.75 Å². The van der Waals surface area contributed by atoms with E-state index in [0.29, 0.717) is 5.92 Å². The van der Waals surface area contributed by atoms with Crippen molar-refractivity contribution in [2.24, 2.45) is 0 Å². The van der Waals surface area contributed by atoms with Crippen LogP contribution < -0.4 is 4.74 Å². The molecule has 0 aliphatic heterocycles. The average Bonchev–Trinajstić information content (AvgIpc) is 2.42. The number of halogens is 1. The molecule has 0 radical (unpaired) electrons. The van der Waals surface area contributed by atoms with Crippen LogP contribution in [0.4, 0.5) is 0 Å². The maximum absolute atomic E-state index is 5.72. The van der Waals surface area contributed by atoms with E-state index in [2.05, 4.69) is 38.1 Å². The second-order valence-corrected chi connectivity index (χ2v) is 5.21. The van der Waals surface area contributed by atoms with Crippen molar-refractivity contribution in [2.45, 2.75) is 51.9 Å². The molecule has 1 nitrogen and oxygen atoms in total. The molecule has 0 fully saturated rings. The maximum Gasteiger partial charge on any atom is 0.119 e. The molecule has 0 saturated carbocycles. The van der Waals surface area contributed by atoms with Crippen molar-refractivity contribution in [1.82, 2.24) is 0 Å². The number of rotatable bonds is 9. The van der Waals surface area contributed by atoms with Crippen LogP contribution in [0.1, 0.15) is 57.4 Å². The molecule has 18 heavy (non-hydrogen) atoms. The van der Waals surface area contributed by atoms with Crippen LogP contribution in [0.3, 0.4) is 0 Å². The van der Waals surface area contributed by atoms with Crippen LogP contribution in [0.15, 0.2) is 24.3 Å². The van der Waals surface area contributed by atoms with Gasteiger partial charge in [0.15, 0.2) is 0 Å². The van der Waals surface area contributed by atoms with E-state index in [-0.39, 0.29) is 0 Å². The Bertz CT molecular complexity index is 307. The second kappa shape index (κ2) is 9.27. The number of hydrogen-bond acceptors (Lipinski definition) is 1. The fourth-order valence-corrected chi connectivity index (χ4v) is 2.06. The molecule has 2 heteroatoms. The molecule has 0 saturated heterocycles. The fourth-order valence-electron chi connectivity index (χ4n) is 1.87. The molecule has 0 N–H and O–H groups in total. The topological polar surface area (TPSA) is 9.23 Å². The van der Waals surface area contributed by atoms with Crippen molar-refractivity contribution in [3.05, 3.63) is 29.8 Å². The summed E-state index contributed by atoms with van der Waals surface area (Å²) in [6, 6.07) is 8.52. The Morgan fingerprint density at radius 1 is 1.06 bits per heavy atom. The van der Waals surface area contributed by atoms with Gasteiger partial charge in [-0.25, -0.2) is 0 Å². The normalized spacial score (nSPS) is 12.4. The van der Waals surface area contributed by atoms with Gasteiger partial charge in [0.25, 0.3) is 0 Å². The van der Waals surface area contributed by atoms with Gasteiger partial charge < -0.3 is 4.74 Å². The van der Waals surface area contributed by atoms with Crippen molar-refractivity contribution >= 4 is 11.6 Å². The van der Waals surface area contributed by atoms with Crippen LogP contribution in [0, 0.1) is 0 Å². The smallest absolute Gasteiger partial charge is 0.119 e. The molecule has 1 atom stereocenters. The van der Waals surface area contributed by atoms with Crippen LogP contribution in [0.5, 0.6) is 5.75 Å². The largest absolute Gasteiger partial charge is 0.494 e. The first-order chi connectivity index (χ1) is 8.77. The standard InChI is InChI=1S/C16H25ClO/c1-3-14(2)15-8-10-16(11-9-15)18-13-7-5-4-6-12-17/h8-11,14H,3-7,12-13H2,1-2H3. The first kappa shape index (κ1) is 15.4. The Morgan fingerprint density at radius 2 is 1.72 bits per heavy atom. The van der Waals surface area contributed by atoms with Gasteiger partial charge in [-0.3, -0.25) is 0 Å². The molecule has 1 aromatic carbocycles. The Morgan fingerprint density at radius 3 is 2.33 bits per heavy atom. The summed E-state index contributed by atoms with van der Waals surface area (Å²) < 4.78 is 5.72. The number of alkyl halides is 1. The molecule has 0 heterocycles. The summed E-state index contributed by atoms with van der Waals surface area (Å²) >= 11 is 5.63. The van der Waals surface area contributed by atoms with Gasteiger partial charge in [-0.2, -0.15) is 0 Å². The Balaban J connectivity index is 2.22. The van der Waals surface area contributed by atoms with Crippen molar-refractivity contribution in [2.75, 3.05) is 12.5 Å². The number of hydrogen-bond donors (Lipinski definition) is 0. The first-order valence-corrected chi connectivity index (χ1v) is 7.60. The maximum atomic E-state index is 5.72. The zero-order chi connectivity index (χ0) is 13.2. The SMILES string of the molecule is CCC(C)c1ccc(OCCCCCCCl)cc1. The van der Waals surface area contributed by atoms with E-state index in [1.54, 1.807) is 0 Å². The molecule has 1 aromatic rings. The summed E-state index contributed by atoms with van der Waals surface area (Å²) in [5, 5.41) is 0. The van der Waals surface area contributed by atoms with Gasteiger partial charge in [-0.05, 0) is 42.9 Å². The highest BCUT2D eigenvalue weighted by atomic mass is 35.5. The lowest BCUT2D eigenvalue weighted by Gasteiger charge is -2.10. The lowest BCUT2D eigenvalue weighted by molar-refractivity contribution is 0.305. The summed E-state index contributed by atoms with van der Waals surface area (Å²) in [6.07, 6.45) is 5.83. The first-order valence-electron chi connectivity index (χ1n) is 7.06. The highest BCUT2D eigenvalue weighted by Crippen LogP contribution is 2.21. The molecule has 0 amide bonds. The molecule has 0 aliphatic carbocycles. The molecule has 1 unspecified atom stereocenters. The molecule has 0 aromatic heterocycles. The zero-order valence-electron chi connectivity index (χ0n) is 11.6. The molecule has 0 aliphatic rings. The number of ether oxygens (including phenoxy) is 1. The predicted octanol–water partition coefficient (Wildman–Crippen LogP) is 5.38. The summed E-state index contributed by atoms with van der Waals surface area (Å²) in [6.45, 7) is 5.29. The third-order valence-corrected chi connectivity index (χ3v) is 3.63. The minimum Gasteiger partial charge on any atom is -0.494 e. The van der Waals surface area contributed by atoms with E-state index in [9.17, 15) is 0 Å². The van der Waals surface area contributed by atoms with Crippen molar-refractivity contribution in [3.8, 4) is 5.75 Å². The van der Waals surface area contributed by atoms with Gasteiger partial charge >= 0.3 is 0 Å². The molecular formula is C16H25ClO. The van der Waals surface area contributed by atoms with E-state index in [4.69, 9.17) is 16.3 Å². The van der Waals surface area contributed by atoms with Gasteiger partial charge in [-0.15, -0.1) is 11.6 Å². The van der Waals surface area contributed by atoms with Crippen molar-refractivity contribution < 1.29 is 4.74 Å². The lowest BCUT2D eigenvalue weighted by atomic mass is 9.99. The predicted molar refractivity (Wildman–Crippen MR) is 79.8 cm³/mol. The van der Waals surface area contributed by atoms with Gasteiger partial charge in [-0.1, -0.05) is 38.8 Å². The second-order valence-electron chi connectivity index (χ2n) is 4.83. The quantitative estimate of drug-likeness (QED) is 0.432. The van der Waals surface area contributed by atoms with E-state index in [1.807, 2.05) is 0 Å². The zero-order valence-corrected chi connectivity index (χ0v) is 12.4. The van der Waals surface area contributed by atoms with E-state index < -0.39 is 0 Å². The third kappa shape index (κ3) is 5.77. The Labute approximate surface area is 116 Å². The minimum absolute atomic E-state index is 0.634. The van der Waals surface area contributed by atoms with Crippen LogP contribution in [-0.4, -0.2) is 12.5 Å². The summed E-state index contributed by atoms with van der Waals surface area (Å²) in [5.41, 5.74) is 1.40. The molecule has 102 valence electrons.